The minimum atomic E-state index is 1.33. The van der Waals surface area contributed by atoms with Crippen molar-refractivity contribution >= 4 is 0 Å². The van der Waals surface area contributed by atoms with Crippen molar-refractivity contribution in [2.24, 2.45) is 5.18 Å². The van der Waals surface area contributed by atoms with Gasteiger partial charge in [0.25, 0.3) is 7.11 Å². The topological polar surface area (TPSA) is 23.7 Å². The van der Waals surface area contributed by atoms with E-state index < -0.39 is 0 Å². The summed E-state index contributed by atoms with van der Waals surface area (Å²) in [4.78, 5) is 0. The van der Waals surface area contributed by atoms with Gasteiger partial charge >= 0.3 is 0 Å². The quantitative estimate of drug-likeness (QED) is 0.413. The van der Waals surface area contributed by atoms with Crippen molar-refractivity contribution < 1.29 is 0 Å². The van der Waals surface area contributed by atoms with Crippen molar-refractivity contribution in [2.75, 3.05) is 7.11 Å². The lowest BCUT2D eigenvalue weighted by Crippen LogP contribution is -1.42. The highest BCUT2D eigenvalue weighted by molar-refractivity contribution is 4.63. The van der Waals surface area contributed by atoms with E-state index in [0.717, 1.165) is 0 Å². The molecule has 0 saturated carbocycles. The van der Waals surface area contributed by atoms with Crippen LogP contribution in [-0.4, -0.2) is 7.11 Å². The fourth-order valence-corrected chi connectivity index (χ4v) is 0.0745. The van der Waals surface area contributed by atoms with Gasteiger partial charge in [0.15, 0.2) is 0 Å². The molecule has 0 aliphatic heterocycles. The summed E-state index contributed by atoms with van der Waals surface area (Å²) >= 11 is 0. The van der Waals surface area contributed by atoms with Crippen LogP contribution in [0.1, 0.15) is 0 Å². The lowest BCUT2D eigenvalue weighted by atomic mass is 11.1. The number of hydrogen-bond donors (Lipinski definition) is 0. The van der Waals surface area contributed by atoms with Crippen LogP contribution in [0.5, 0.6) is 0 Å². The van der Waals surface area contributed by atoms with Gasteiger partial charge in [0, 0.05) is 0 Å². The van der Waals surface area contributed by atoms with Gasteiger partial charge in [0.1, 0.15) is 11.4 Å². The third-order valence-corrected chi connectivity index (χ3v) is 0.180. The Kier molecular flexibility index (Phi) is 2.90. The van der Waals surface area contributed by atoms with E-state index in [4.69, 9.17) is 0 Å². The van der Waals surface area contributed by atoms with Crippen LogP contribution in [0.15, 0.2) is 18.0 Å². The highest BCUT2D eigenvalue weighted by Gasteiger charge is 1.57. The molecule has 0 atom stereocenters. The molecule has 0 aliphatic carbocycles. The maximum atomic E-state index is 4.20. The third kappa shape index (κ3) is 3.34. The molecule has 0 aliphatic rings. The van der Waals surface area contributed by atoms with E-state index in [2.05, 4.69) is 16.3 Å². The summed E-state index contributed by atoms with van der Waals surface area (Å²) in [5.74, 6) is 0. The minimum Gasteiger partial charge on any atom is -0.121 e. The average molecular weight is 72.1 g/mol. The molecule has 0 aromatic carbocycles. The van der Waals surface area contributed by atoms with Gasteiger partial charge in [-0.3, -0.25) is 0 Å². The Bertz CT molecular complexity index is 48.9. The number of hydrogen-bond acceptors (Lipinski definition) is 1. The molecule has 2 nitrogen and oxygen atoms in total. The molecule has 0 bridgehead atoms. The van der Waals surface area contributed by atoms with Gasteiger partial charge in [0.05, 0.1) is 0 Å². The Hall–Kier alpha value is -0.660. The first-order chi connectivity index (χ1) is 2.41. The van der Waals surface area contributed by atoms with Crippen molar-refractivity contribution in [3.05, 3.63) is 17.3 Å². The zero-order chi connectivity index (χ0) is 4.12. The molecule has 0 spiro atoms. The fraction of sp³-hybridized carbons (Fsp3) is 0.333. The Labute approximate surface area is 30.8 Å². The van der Waals surface area contributed by atoms with E-state index in [-0.39, 0.29) is 0 Å². The van der Waals surface area contributed by atoms with Crippen LogP contribution in [0.2, 0.25) is 0 Å². The largest absolute Gasteiger partial charge is 0.297 e. The van der Waals surface area contributed by atoms with Gasteiger partial charge in [-0.05, 0) is 0 Å². The highest BCUT2D eigenvalue weighted by atomic mass is 16.5. The molecule has 0 saturated heterocycles. The zero-order valence-corrected chi connectivity index (χ0v) is 3.14. The summed E-state index contributed by atoms with van der Waals surface area (Å²) < 4.78 is 4.20. The summed E-state index contributed by atoms with van der Waals surface area (Å²) in [6.07, 6.45) is 1.33. The lowest BCUT2D eigenvalue weighted by Gasteiger charge is -1.42. The molecule has 0 heterocycles. The van der Waals surface area contributed by atoms with E-state index >= 15 is 0 Å². The van der Waals surface area contributed by atoms with Gasteiger partial charge in [-0.1, -0.05) is 6.58 Å². The molecule has 28 valence electrons. The molecule has 0 amide bonds. The van der Waals surface area contributed by atoms with Crippen molar-refractivity contribution in [2.45, 2.75) is 0 Å². The molecule has 0 unspecified atom stereocenters. The molecule has 0 rings (SSSR count). The lowest BCUT2D eigenvalue weighted by molar-refractivity contribution is 1.45. The summed E-state index contributed by atoms with van der Waals surface area (Å²) in [7, 11) is 1.47. The first kappa shape index (κ1) is 4.34. The standard InChI is InChI=1S/C3H6NO/c1-3-4-5-2/h3H,1H2,2H3/q+1. The minimum absolute atomic E-state index is 1.33. The molecule has 5 heavy (non-hydrogen) atoms. The monoisotopic (exact) mass is 72.0 g/mol. The molecular weight excluding hydrogens is 66.0 g/mol. The van der Waals surface area contributed by atoms with Crippen molar-refractivity contribution in [3.8, 4) is 0 Å². The van der Waals surface area contributed by atoms with Crippen molar-refractivity contribution in [3.63, 3.8) is 0 Å². The van der Waals surface area contributed by atoms with Gasteiger partial charge in [0.2, 0.25) is 0 Å². The molecular formula is C3H6NO+. The van der Waals surface area contributed by atoms with Gasteiger partial charge in [-0.2, -0.15) is 0 Å². The summed E-state index contributed by atoms with van der Waals surface area (Å²) in [5.41, 5.74) is 0. The Balaban J connectivity index is 2.92. The van der Waals surface area contributed by atoms with Crippen LogP contribution < -0.4 is 0 Å². The number of rotatable bonds is 1. The molecule has 2 heteroatoms. The van der Waals surface area contributed by atoms with Crippen LogP contribution >= 0.6 is 0 Å². The van der Waals surface area contributed by atoms with E-state index in [1.54, 1.807) is 0 Å². The molecule has 0 fully saturated rings. The molecule has 0 aromatic heterocycles. The third-order valence-electron chi connectivity index (χ3n) is 0.180. The number of nitrogens with zero attached hydrogens (tertiary/aromatic N) is 1. The Morgan fingerprint density at radius 2 is 2.60 bits per heavy atom. The van der Waals surface area contributed by atoms with Gasteiger partial charge < -0.3 is 0 Å². The van der Waals surface area contributed by atoms with E-state index in [9.17, 15) is 0 Å². The second-order valence-electron chi connectivity index (χ2n) is 0.471. The molecule has 0 radical (unpaired) electrons. The predicted molar refractivity (Wildman–Crippen MR) is 21.9 cm³/mol. The molecule has 0 aromatic rings. The van der Waals surface area contributed by atoms with Crippen LogP contribution in [0.25, 0.3) is 0 Å². The number of nitroso groups, excluding NO2 is 1. The average Bonchev–Trinajstić information content (AvgIpc) is 1.41. The van der Waals surface area contributed by atoms with Gasteiger partial charge in [-0.25, -0.2) is 0 Å². The Morgan fingerprint density at radius 3 is 2.60 bits per heavy atom. The first-order valence-corrected chi connectivity index (χ1v) is 1.26. The van der Waals surface area contributed by atoms with Crippen LogP contribution in [0.3, 0.4) is 0 Å². The van der Waals surface area contributed by atoms with Gasteiger partial charge in [-0.15, -0.1) is 4.54 Å². The zero-order valence-electron chi connectivity index (χ0n) is 3.14. The Morgan fingerprint density at radius 1 is 2.00 bits per heavy atom. The summed E-state index contributed by atoms with van der Waals surface area (Å²) in [6, 6.07) is 0. The van der Waals surface area contributed by atoms with Crippen LogP contribution in [-0.2, 0) is 0 Å². The normalized spacial score (nSPS) is 9.00. The summed E-state index contributed by atoms with van der Waals surface area (Å²) in [5, 5.41) is 3.24. The second kappa shape index (κ2) is 3.34. The summed E-state index contributed by atoms with van der Waals surface area (Å²) in [6.45, 7) is 3.26. The van der Waals surface area contributed by atoms with E-state index in [0.29, 0.717) is 0 Å². The van der Waals surface area contributed by atoms with Crippen LogP contribution in [0.4, 0.5) is 0 Å². The van der Waals surface area contributed by atoms with Crippen molar-refractivity contribution in [1.82, 2.24) is 0 Å². The van der Waals surface area contributed by atoms with Crippen molar-refractivity contribution in [1.29, 1.82) is 0 Å². The highest BCUT2D eigenvalue weighted by Crippen LogP contribution is 1.60. The van der Waals surface area contributed by atoms with E-state index in [1.807, 2.05) is 0 Å². The van der Waals surface area contributed by atoms with E-state index in [1.165, 1.54) is 13.3 Å². The second-order valence-corrected chi connectivity index (χ2v) is 0.471. The maximum Gasteiger partial charge on any atom is 0.297 e. The molecule has 0 N–H and O–H groups in total. The first-order valence-electron chi connectivity index (χ1n) is 1.26. The predicted octanol–water partition coefficient (Wildman–Crippen LogP) is 1.06. The van der Waals surface area contributed by atoms with Crippen LogP contribution in [0, 0.1) is 4.54 Å². The smallest absolute Gasteiger partial charge is 0.121 e. The fourth-order valence-electron chi connectivity index (χ4n) is 0.0745. The maximum absolute atomic E-state index is 4.20. The SMILES string of the molecule is C=CN=[O+]C.